The van der Waals surface area contributed by atoms with Crippen molar-refractivity contribution in [2.24, 2.45) is 0 Å². The highest BCUT2D eigenvalue weighted by atomic mass is 16.5. The van der Waals surface area contributed by atoms with E-state index in [2.05, 4.69) is 22.1 Å². The molecule has 0 aliphatic carbocycles. The summed E-state index contributed by atoms with van der Waals surface area (Å²) < 4.78 is 4.83. The molecule has 0 radical (unpaired) electrons. The molecule has 1 heterocycles. The summed E-state index contributed by atoms with van der Waals surface area (Å²) in [6.45, 7) is 4.98. The zero-order valence-corrected chi connectivity index (χ0v) is 12.2. The van der Waals surface area contributed by atoms with Gasteiger partial charge in [-0.1, -0.05) is 18.2 Å². The number of aromatic nitrogens is 1. The summed E-state index contributed by atoms with van der Waals surface area (Å²) in [6, 6.07) is 13.7. The molecule has 5 heteroatoms. The molecule has 110 valence electrons. The van der Waals surface area contributed by atoms with Gasteiger partial charge in [-0.05, 0) is 38.1 Å². The van der Waals surface area contributed by atoms with Crippen molar-refractivity contribution in [2.75, 3.05) is 23.4 Å². The van der Waals surface area contributed by atoms with Gasteiger partial charge in [-0.25, -0.2) is 9.78 Å². The first-order valence-electron chi connectivity index (χ1n) is 6.97. The van der Waals surface area contributed by atoms with Crippen LogP contribution in [-0.4, -0.2) is 24.2 Å². The Morgan fingerprint density at radius 3 is 2.52 bits per heavy atom. The fourth-order valence-corrected chi connectivity index (χ4v) is 1.99. The van der Waals surface area contributed by atoms with Crippen LogP contribution in [0.4, 0.5) is 22.0 Å². The number of anilines is 3. The molecular weight excluding hydrogens is 266 g/mol. The molecule has 0 saturated heterocycles. The number of para-hydroxylation sites is 1. The van der Waals surface area contributed by atoms with Crippen LogP contribution in [0.2, 0.25) is 0 Å². The topological polar surface area (TPSA) is 54.5 Å². The summed E-state index contributed by atoms with van der Waals surface area (Å²) in [5, 5.41) is 2.62. The van der Waals surface area contributed by atoms with E-state index >= 15 is 0 Å². The molecule has 1 N–H and O–H groups in total. The lowest BCUT2D eigenvalue weighted by Gasteiger charge is -2.22. The van der Waals surface area contributed by atoms with Crippen LogP contribution in [-0.2, 0) is 4.74 Å². The predicted molar refractivity (Wildman–Crippen MR) is 84.0 cm³/mol. The van der Waals surface area contributed by atoms with Gasteiger partial charge in [0.15, 0.2) is 0 Å². The second-order valence-corrected chi connectivity index (χ2v) is 4.33. The maximum Gasteiger partial charge on any atom is 0.411 e. The van der Waals surface area contributed by atoms with Gasteiger partial charge in [0.05, 0.1) is 18.5 Å². The number of carbonyl (C=O) groups excluding carboxylic acids is 1. The van der Waals surface area contributed by atoms with Crippen LogP contribution in [0.1, 0.15) is 13.8 Å². The van der Waals surface area contributed by atoms with Crippen molar-refractivity contribution in [3.8, 4) is 0 Å². The van der Waals surface area contributed by atoms with Crippen molar-refractivity contribution < 1.29 is 9.53 Å². The van der Waals surface area contributed by atoms with Crippen LogP contribution in [0.3, 0.4) is 0 Å². The second-order valence-electron chi connectivity index (χ2n) is 4.33. The quantitative estimate of drug-likeness (QED) is 0.907. The van der Waals surface area contributed by atoms with Crippen LogP contribution in [0.5, 0.6) is 0 Å². The summed E-state index contributed by atoms with van der Waals surface area (Å²) in [7, 11) is 0. The first-order chi connectivity index (χ1) is 10.2. The van der Waals surface area contributed by atoms with E-state index in [0.717, 1.165) is 18.1 Å². The third kappa shape index (κ3) is 3.95. The zero-order valence-electron chi connectivity index (χ0n) is 12.2. The van der Waals surface area contributed by atoms with Gasteiger partial charge in [-0.2, -0.15) is 0 Å². The number of hydrogen-bond acceptors (Lipinski definition) is 4. The summed E-state index contributed by atoms with van der Waals surface area (Å²) in [6.07, 6.45) is 1.15. The Morgan fingerprint density at radius 2 is 1.95 bits per heavy atom. The number of pyridine rings is 1. The standard InChI is InChI=1S/C16H19N3O2/c1-3-19(14-8-6-5-7-9-14)15-11-10-13(12-17-15)18-16(20)21-4-2/h5-12H,3-4H2,1-2H3,(H,18,20). The number of amides is 1. The summed E-state index contributed by atoms with van der Waals surface area (Å²) in [5.41, 5.74) is 1.69. The summed E-state index contributed by atoms with van der Waals surface area (Å²) >= 11 is 0. The third-order valence-corrected chi connectivity index (χ3v) is 2.93. The van der Waals surface area contributed by atoms with Gasteiger partial charge in [-0.3, -0.25) is 5.32 Å². The van der Waals surface area contributed by atoms with Gasteiger partial charge in [0, 0.05) is 12.2 Å². The Balaban J connectivity index is 2.12. The van der Waals surface area contributed by atoms with Crippen LogP contribution in [0, 0.1) is 0 Å². The number of hydrogen-bond donors (Lipinski definition) is 1. The van der Waals surface area contributed by atoms with Gasteiger partial charge < -0.3 is 9.64 Å². The summed E-state index contributed by atoms with van der Waals surface area (Å²) in [4.78, 5) is 17.8. The molecule has 0 bridgehead atoms. The normalized spacial score (nSPS) is 10.0. The van der Waals surface area contributed by atoms with Crippen LogP contribution >= 0.6 is 0 Å². The average molecular weight is 285 g/mol. The van der Waals surface area contributed by atoms with E-state index < -0.39 is 6.09 Å². The van der Waals surface area contributed by atoms with Crippen LogP contribution in [0.15, 0.2) is 48.7 Å². The molecule has 0 aliphatic heterocycles. The SMILES string of the molecule is CCOC(=O)Nc1ccc(N(CC)c2ccccc2)nc1. The Kier molecular flexibility index (Phi) is 5.15. The van der Waals surface area contributed by atoms with E-state index in [9.17, 15) is 4.79 Å². The third-order valence-electron chi connectivity index (χ3n) is 2.93. The zero-order chi connectivity index (χ0) is 15.1. The molecule has 2 aromatic rings. The van der Waals surface area contributed by atoms with E-state index in [1.807, 2.05) is 42.5 Å². The molecule has 0 spiro atoms. The van der Waals surface area contributed by atoms with E-state index in [0.29, 0.717) is 12.3 Å². The van der Waals surface area contributed by atoms with Gasteiger partial charge >= 0.3 is 6.09 Å². The fraction of sp³-hybridized carbons (Fsp3) is 0.250. The molecule has 0 saturated carbocycles. The van der Waals surface area contributed by atoms with Crippen molar-refractivity contribution in [3.05, 3.63) is 48.7 Å². The Hall–Kier alpha value is -2.56. The molecule has 1 aromatic heterocycles. The van der Waals surface area contributed by atoms with Crippen molar-refractivity contribution >= 4 is 23.3 Å². The van der Waals surface area contributed by atoms with Gasteiger partial charge in [0.25, 0.3) is 0 Å². The Bertz CT molecular complexity index is 570. The molecule has 0 unspecified atom stereocenters. The lowest BCUT2D eigenvalue weighted by molar-refractivity contribution is 0.168. The van der Waals surface area contributed by atoms with Gasteiger partial charge in [-0.15, -0.1) is 0 Å². The predicted octanol–water partition coefficient (Wildman–Crippen LogP) is 3.81. The molecular formula is C16H19N3O2. The lowest BCUT2D eigenvalue weighted by atomic mass is 10.2. The molecule has 21 heavy (non-hydrogen) atoms. The first-order valence-corrected chi connectivity index (χ1v) is 6.97. The van der Waals surface area contributed by atoms with Crippen LogP contribution in [0.25, 0.3) is 0 Å². The molecule has 2 rings (SSSR count). The number of ether oxygens (including phenoxy) is 1. The minimum atomic E-state index is -0.470. The number of rotatable bonds is 5. The number of nitrogens with zero attached hydrogens (tertiary/aromatic N) is 2. The second kappa shape index (κ2) is 7.28. The van der Waals surface area contributed by atoms with Crippen molar-refractivity contribution in [2.45, 2.75) is 13.8 Å². The molecule has 1 amide bonds. The maximum absolute atomic E-state index is 11.3. The van der Waals surface area contributed by atoms with E-state index in [1.54, 1.807) is 13.1 Å². The number of benzene rings is 1. The first kappa shape index (κ1) is 14.8. The number of nitrogens with one attached hydrogen (secondary N) is 1. The summed E-state index contributed by atoms with van der Waals surface area (Å²) in [5.74, 6) is 0.832. The monoisotopic (exact) mass is 285 g/mol. The Morgan fingerprint density at radius 1 is 1.19 bits per heavy atom. The molecule has 1 aromatic carbocycles. The smallest absolute Gasteiger partial charge is 0.411 e. The van der Waals surface area contributed by atoms with E-state index in [-0.39, 0.29) is 0 Å². The minimum absolute atomic E-state index is 0.342. The minimum Gasteiger partial charge on any atom is -0.450 e. The van der Waals surface area contributed by atoms with Gasteiger partial charge in [0.2, 0.25) is 0 Å². The van der Waals surface area contributed by atoms with Crippen LogP contribution < -0.4 is 10.2 Å². The van der Waals surface area contributed by atoms with E-state index in [1.165, 1.54) is 0 Å². The van der Waals surface area contributed by atoms with Crippen molar-refractivity contribution in [1.29, 1.82) is 0 Å². The van der Waals surface area contributed by atoms with Gasteiger partial charge in [0.1, 0.15) is 5.82 Å². The molecule has 0 atom stereocenters. The van der Waals surface area contributed by atoms with Crippen molar-refractivity contribution in [1.82, 2.24) is 4.98 Å². The average Bonchev–Trinajstić information content (AvgIpc) is 2.51. The number of carbonyl (C=O) groups is 1. The fourth-order valence-electron chi connectivity index (χ4n) is 1.99. The maximum atomic E-state index is 11.3. The highest BCUT2D eigenvalue weighted by Crippen LogP contribution is 2.23. The molecule has 0 aliphatic rings. The highest BCUT2D eigenvalue weighted by molar-refractivity contribution is 5.84. The molecule has 5 nitrogen and oxygen atoms in total. The molecule has 0 fully saturated rings. The lowest BCUT2D eigenvalue weighted by Crippen LogP contribution is -2.18. The van der Waals surface area contributed by atoms with E-state index in [4.69, 9.17) is 4.74 Å². The largest absolute Gasteiger partial charge is 0.450 e. The highest BCUT2D eigenvalue weighted by Gasteiger charge is 2.08. The van der Waals surface area contributed by atoms with Crippen molar-refractivity contribution in [3.63, 3.8) is 0 Å². The Labute approximate surface area is 124 Å².